The van der Waals surface area contributed by atoms with E-state index in [-0.39, 0.29) is 29.4 Å². The van der Waals surface area contributed by atoms with Crippen molar-refractivity contribution < 1.29 is 14.3 Å². The van der Waals surface area contributed by atoms with Crippen LogP contribution >= 0.6 is 0 Å². The van der Waals surface area contributed by atoms with E-state index < -0.39 is 0 Å². The summed E-state index contributed by atoms with van der Waals surface area (Å²) >= 11 is 0. The van der Waals surface area contributed by atoms with Crippen LogP contribution in [0.25, 0.3) is 5.52 Å². The molecule has 2 aromatic rings. The van der Waals surface area contributed by atoms with Crippen LogP contribution in [-0.4, -0.2) is 71.5 Å². The molecule has 1 saturated heterocycles. The van der Waals surface area contributed by atoms with E-state index in [0.717, 1.165) is 32.8 Å². The minimum atomic E-state index is -0.289. The number of rotatable bonds is 6. The van der Waals surface area contributed by atoms with Gasteiger partial charge in [0, 0.05) is 38.4 Å². The van der Waals surface area contributed by atoms with Gasteiger partial charge in [0.15, 0.2) is 5.69 Å². The minimum absolute atomic E-state index is 0.00578. The molecule has 8 heteroatoms. The molecule has 0 atom stereocenters. The lowest BCUT2D eigenvalue weighted by atomic mass is 10.3. The maximum Gasteiger partial charge on any atom is 0.287 e. The van der Waals surface area contributed by atoms with E-state index in [1.165, 1.54) is 0 Å². The van der Waals surface area contributed by atoms with E-state index in [1.807, 2.05) is 26.0 Å². The van der Waals surface area contributed by atoms with Gasteiger partial charge < -0.3 is 15.4 Å². The van der Waals surface area contributed by atoms with Crippen LogP contribution in [0.2, 0.25) is 0 Å². The van der Waals surface area contributed by atoms with Crippen LogP contribution in [-0.2, 0) is 4.74 Å². The smallest absolute Gasteiger partial charge is 0.287 e. The number of aromatic nitrogens is 2. The first-order valence-corrected chi connectivity index (χ1v) is 8.92. The van der Waals surface area contributed by atoms with Gasteiger partial charge in [-0.3, -0.25) is 18.9 Å². The van der Waals surface area contributed by atoms with Gasteiger partial charge in [0.05, 0.1) is 18.7 Å². The Labute approximate surface area is 152 Å². The predicted molar refractivity (Wildman–Crippen MR) is 97.4 cm³/mol. The second-order valence-electron chi connectivity index (χ2n) is 6.58. The number of pyridine rings is 1. The lowest BCUT2D eigenvalue weighted by molar-refractivity contribution is 0.0383. The summed E-state index contributed by atoms with van der Waals surface area (Å²) in [7, 11) is 0. The zero-order valence-electron chi connectivity index (χ0n) is 15.2. The van der Waals surface area contributed by atoms with Gasteiger partial charge in [-0.2, -0.15) is 0 Å². The molecule has 0 saturated carbocycles. The van der Waals surface area contributed by atoms with E-state index in [4.69, 9.17) is 4.74 Å². The highest BCUT2D eigenvalue weighted by atomic mass is 16.5. The van der Waals surface area contributed by atoms with Crippen molar-refractivity contribution >= 4 is 17.3 Å². The van der Waals surface area contributed by atoms with Crippen LogP contribution in [0.15, 0.2) is 24.4 Å². The number of nitrogens with zero attached hydrogens (tertiary/aromatic N) is 3. The van der Waals surface area contributed by atoms with Crippen molar-refractivity contribution in [2.24, 2.45) is 0 Å². The standard InChI is InChI=1S/C18H25N5O3/c1-13(2)20-17(24)15-14-5-3-4-7-23(14)16(21-15)18(25)19-6-8-22-9-11-26-12-10-22/h3-5,7,13H,6,8-12H2,1-2H3,(H,19,25)(H,20,24). The maximum absolute atomic E-state index is 12.6. The van der Waals surface area contributed by atoms with E-state index in [0.29, 0.717) is 12.1 Å². The summed E-state index contributed by atoms with van der Waals surface area (Å²) in [4.78, 5) is 31.5. The van der Waals surface area contributed by atoms with Crippen LogP contribution in [0.5, 0.6) is 0 Å². The van der Waals surface area contributed by atoms with E-state index in [9.17, 15) is 9.59 Å². The molecule has 0 radical (unpaired) electrons. The van der Waals surface area contributed by atoms with Crippen molar-refractivity contribution in [1.29, 1.82) is 0 Å². The molecule has 0 bridgehead atoms. The van der Waals surface area contributed by atoms with Gasteiger partial charge >= 0.3 is 0 Å². The first-order valence-electron chi connectivity index (χ1n) is 8.92. The first kappa shape index (κ1) is 18.3. The monoisotopic (exact) mass is 359 g/mol. The second kappa shape index (κ2) is 8.29. The van der Waals surface area contributed by atoms with Gasteiger partial charge in [-0.1, -0.05) is 6.07 Å². The number of amides is 2. The molecule has 2 amide bonds. The van der Waals surface area contributed by atoms with E-state index in [2.05, 4.69) is 20.5 Å². The highest BCUT2D eigenvalue weighted by molar-refractivity contribution is 6.02. The molecule has 1 aliphatic heterocycles. The number of hydrogen-bond acceptors (Lipinski definition) is 5. The highest BCUT2D eigenvalue weighted by Crippen LogP contribution is 2.13. The van der Waals surface area contributed by atoms with Crippen LogP contribution in [0.3, 0.4) is 0 Å². The molecule has 2 N–H and O–H groups in total. The molecule has 3 heterocycles. The van der Waals surface area contributed by atoms with Crippen molar-refractivity contribution in [3.63, 3.8) is 0 Å². The van der Waals surface area contributed by atoms with Crippen molar-refractivity contribution in [2.75, 3.05) is 39.4 Å². The average Bonchev–Trinajstić information content (AvgIpc) is 3.02. The second-order valence-corrected chi connectivity index (χ2v) is 6.58. The van der Waals surface area contributed by atoms with Crippen molar-refractivity contribution in [3.05, 3.63) is 35.9 Å². The molecular formula is C18H25N5O3. The topological polar surface area (TPSA) is 88.0 Å². The molecule has 3 rings (SSSR count). The van der Waals surface area contributed by atoms with Crippen LogP contribution in [0.4, 0.5) is 0 Å². The first-order chi connectivity index (χ1) is 12.6. The third-order valence-electron chi connectivity index (χ3n) is 4.20. The molecule has 8 nitrogen and oxygen atoms in total. The molecular weight excluding hydrogens is 334 g/mol. The zero-order valence-corrected chi connectivity index (χ0v) is 15.2. The Balaban J connectivity index is 1.72. The Morgan fingerprint density at radius 1 is 1.23 bits per heavy atom. The van der Waals surface area contributed by atoms with Gasteiger partial charge in [-0.25, -0.2) is 4.98 Å². The largest absolute Gasteiger partial charge is 0.379 e. The molecule has 0 aromatic carbocycles. The van der Waals surface area contributed by atoms with Crippen LogP contribution < -0.4 is 10.6 Å². The number of morpholine rings is 1. The molecule has 1 aliphatic rings. The fourth-order valence-electron chi connectivity index (χ4n) is 2.93. The lowest BCUT2D eigenvalue weighted by Crippen LogP contribution is -2.41. The SMILES string of the molecule is CC(C)NC(=O)c1nc(C(=O)NCCN2CCOCC2)n2ccccc12. The number of hydrogen-bond donors (Lipinski definition) is 2. The lowest BCUT2D eigenvalue weighted by Gasteiger charge is -2.26. The zero-order chi connectivity index (χ0) is 18.5. The Morgan fingerprint density at radius 3 is 2.73 bits per heavy atom. The quantitative estimate of drug-likeness (QED) is 0.786. The summed E-state index contributed by atoms with van der Waals surface area (Å²) in [5.74, 6) is -0.351. The molecule has 0 aliphatic carbocycles. The third kappa shape index (κ3) is 4.20. The number of carbonyl (C=O) groups excluding carboxylic acids is 2. The predicted octanol–water partition coefficient (Wildman–Crippen LogP) is 0.535. The van der Waals surface area contributed by atoms with Gasteiger partial charge in [0.25, 0.3) is 11.8 Å². The van der Waals surface area contributed by atoms with Crippen molar-refractivity contribution in [1.82, 2.24) is 24.9 Å². The Kier molecular flexibility index (Phi) is 5.85. The highest BCUT2D eigenvalue weighted by Gasteiger charge is 2.21. The summed E-state index contributed by atoms with van der Waals surface area (Å²) in [5, 5.41) is 5.72. The summed E-state index contributed by atoms with van der Waals surface area (Å²) in [6.07, 6.45) is 1.74. The summed E-state index contributed by atoms with van der Waals surface area (Å²) < 4.78 is 6.97. The molecule has 0 spiro atoms. The summed E-state index contributed by atoms with van der Waals surface area (Å²) in [6, 6.07) is 5.41. The molecule has 2 aromatic heterocycles. The normalized spacial score (nSPS) is 15.3. The van der Waals surface area contributed by atoms with Gasteiger partial charge in [0.1, 0.15) is 0 Å². The Bertz CT molecular complexity index is 780. The van der Waals surface area contributed by atoms with Gasteiger partial charge in [-0.05, 0) is 26.0 Å². The Morgan fingerprint density at radius 2 is 2.00 bits per heavy atom. The van der Waals surface area contributed by atoms with Gasteiger partial charge in [0.2, 0.25) is 5.82 Å². The molecule has 1 fully saturated rings. The summed E-state index contributed by atoms with van der Waals surface area (Å²) in [6.45, 7) is 8.27. The van der Waals surface area contributed by atoms with Crippen LogP contribution in [0, 0.1) is 0 Å². The average molecular weight is 359 g/mol. The molecule has 26 heavy (non-hydrogen) atoms. The van der Waals surface area contributed by atoms with E-state index >= 15 is 0 Å². The number of fused-ring (bicyclic) bond motifs is 1. The van der Waals surface area contributed by atoms with Crippen molar-refractivity contribution in [3.8, 4) is 0 Å². The number of imidazole rings is 1. The maximum atomic E-state index is 12.6. The molecule has 0 unspecified atom stereocenters. The van der Waals surface area contributed by atoms with Crippen molar-refractivity contribution in [2.45, 2.75) is 19.9 Å². The number of ether oxygens (including phenoxy) is 1. The number of carbonyl (C=O) groups is 2. The summed E-state index contributed by atoms with van der Waals surface area (Å²) in [5.41, 5.74) is 0.876. The van der Waals surface area contributed by atoms with Crippen LogP contribution in [0.1, 0.15) is 35.0 Å². The van der Waals surface area contributed by atoms with E-state index in [1.54, 1.807) is 16.7 Å². The fraction of sp³-hybridized carbons (Fsp3) is 0.500. The molecule has 140 valence electrons. The number of nitrogens with one attached hydrogen (secondary N) is 2. The Hall–Kier alpha value is -2.45. The fourth-order valence-corrected chi connectivity index (χ4v) is 2.93. The third-order valence-corrected chi connectivity index (χ3v) is 4.20. The minimum Gasteiger partial charge on any atom is -0.379 e. The van der Waals surface area contributed by atoms with Gasteiger partial charge in [-0.15, -0.1) is 0 Å².